The Hall–Kier alpha value is -0.710. The Kier molecular flexibility index (Phi) is 6.13. The highest BCUT2D eigenvalue weighted by atomic mass is 19.4. The Bertz CT molecular complexity index is 411. The fourth-order valence-corrected chi connectivity index (χ4v) is 2.03. The summed E-state index contributed by atoms with van der Waals surface area (Å²) in [4.78, 5) is 0. The molecule has 0 saturated carbocycles. The van der Waals surface area contributed by atoms with Crippen LogP contribution in [0.15, 0.2) is 0 Å². The van der Waals surface area contributed by atoms with Gasteiger partial charge in [-0.25, -0.2) is 0 Å². The van der Waals surface area contributed by atoms with E-state index in [-0.39, 0.29) is 12.0 Å². The Morgan fingerprint density at radius 3 is 1.83 bits per heavy atom. The first-order valence-electron chi connectivity index (χ1n) is 7.08. The summed E-state index contributed by atoms with van der Waals surface area (Å²) in [6, 6.07) is 0. The predicted molar refractivity (Wildman–Crippen MR) is 64.5 cm³/mol. The molecule has 0 atom stereocenters. The van der Waals surface area contributed by atoms with Gasteiger partial charge >= 0.3 is 23.9 Å². The topological polar surface area (TPSA) is 18.5 Å². The third kappa shape index (κ3) is 3.92. The zero-order chi connectivity index (χ0) is 18.9. The number of rotatable bonds is 9. The summed E-state index contributed by atoms with van der Waals surface area (Å²) in [7, 11) is 0. The van der Waals surface area contributed by atoms with Crippen LogP contribution in [0.25, 0.3) is 0 Å². The zero-order valence-electron chi connectivity index (χ0n) is 12.7. The lowest BCUT2D eigenvalue weighted by atomic mass is 9.84. The summed E-state index contributed by atoms with van der Waals surface area (Å²) < 4.78 is 123. The maximum absolute atomic E-state index is 13.2. The molecule has 24 heavy (non-hydrogen) atoms. The number of hydrogen-bond acceptors (Lipinski definition) is 2. The van der Waals surface area contributed by atoms with E-state index < -0.39 is 43.4 Å². The molecule has 2 nitrogen and oxygen atoms in total. The van der Waals surface area contributed by atoms with Crippen molar-refractivity contribution in [2.24, 2.45) is 5.41 Å². The third-order valence-corrected chi connectivity index (χ3v) is 3.96. The molecule has 0 aromatic heterocycles. The zero-order valence-corrected chi connectivity index (χ0v) is 12.7. The first kappa shape index (κ1) is 21.3. The maximum atomic E-state index is 13.2. The minimum Gasteiger partial charge on any atom is -0.381 e. The molecule has 0 aromatic carbocycles. The highest BCUT2D eigenvalue weighted by Crippen LogP contribution is 2.54. The van der Waals surface area contributed by atoms with Gasteiger partial charge in [0.05, 0.1) is 19.8 Å². The molecule has 0 aliphatic carbocycles. The summed E-state index contributed by atoms with van der Waals surface area (Å²) in [5, 5.41) is 0. The minimum absolute atomic E-state index is 0.101. The van der Waals surface area contributed by atoms with Gasteiger partial charge in [-0.1, -0.05) is 6.92 Å². The molecule has 1 aliphatic rings. The van der Waals surface area contributed by atoms with Crippen LogP contribution in [0, 0.1) is 5.41 Å². The molecule has 11 heteroatoms. The Morgan fingerprint density at radius 2 is 1.46 bits per heavy atom. The van der Waals surface area contributed by atoms with Crippen molar-refractivity contribution >= 4 is 0 Å². The monoisotopic (exact) mass is 376 g/mol. The average Bonchev–Trinajstić information content (AvgIpc) is 2.39. The second kappa shape index (κ2) is 6.89. The van der Waals surface area contributed by atoms with Crippen molar-refractivity contribution in [2.75, 3.05) is 26.4 Å². The van der Waals surface area contributed by atoms with Gasteiger partial charge in [-0.15, -0.1) is 0 Å². The number of ether oxygens (including phenoxy) is 2. The van der Waals surface area contributed by atoms with Crippen LogP contribution in [0.3, 0.4) is 0 Å². The lowest BCUT2D eigenvalue weighted by Crippen LogP contribution is -2.60. The number of hydrogen-bond donors (Lipinski definition) is 0. The Balaban J connectivity index is 2.53. The molecule has 1 heterocycles. The van der Waals surface area contributed by atoms with Crippen molar-refractivity contribution in [1.29, 1.82) is 0 Å². The molecule has 144 valence electrons. The van der Waals surface area contributed by atoms with Crippen LogP contribution in [0.4, 0.5) is 39.5 Å². The van der Waals surface area contributed by atoms with Gasteiger partial charge in [0.1, 0.15) is 0 Å². The fourth-order valence-electron chi connectivity index (χ4n) is 2.03. The van der Waals surface area contributed by atoms with E-state index in [2.05, 4.69) is 0 Å². The first-order valence-corrected chi connectivity index (χ1v) is 7.08. The molecule has 0 bridgehead atoms. The Morgan fingerprint density at radius 1 is 0.917 bits per heavy atom. The van der Waals surface area contributed by atoms with E-state index >= 15 is 0 Å². The number of halogens is 9. The normalized spacial score (nSPS) is 19.2. The number of alkyl halides is 9. The van der Waals surface area contributed by atoms with E-state index in [9.17, 15) is 39.5 Å². The summed E-state index contributed by atoms with van der Waals surface area (Å²) in [6.07, 6.45) is -8.77. The SMILES string of the molecule is CCC1(COCCCC(F)(F)C(F)(F)C(F)(F)C(F)(F)F)COC1. The van der Waals surface area contributed by atoms with Crippen molar-refractivity contribution in [3.63, 3.8) is 0 Å². The molecule has 0 aromatic rings. The summed E-state index contributed by atoms with van der Waals surface area (Å²) in [6.45, 7) is 2.24. The van der Waals surface area contributed by atoms with Crippen molar-refractivity contribution in [2.45, 2.75) is 50.1 Å². The molecule has 0 spiro atoms. The molecule has 0 radical (unpaired) electrons. The highest BCUT2D eigenvalue weighted by Gasteiger charge is 2.81. The van der Waals surface area contributed by atoms with Crippen LogP contribution < -0.4 is 0 Å². The van der Waals surface area contributed by atoms with Crippen LogP contribution in [0.1, 0.15) is 26.2 Å². The molecule has 0 amide bonds. The van der Waals surface area contributed by atoms with Crippen LogP contribution in [0.5, 0.6) is 0 Å². The van der Waals surface area contributed by atoms with Crippen LogP contribution in [0.2, 0.25) is 0 Å². The van der Waals surface area contributed by atoms with Gasteiger partial charge in [-0.2, -0.15) is 39.5 Å². The smallest absolute Gasteiger partial charge is 0.381 e. The summed E-state index contributed by atoms with van der Waals surface area (Å²) in [5.41, 5.74) is -0.296. The second-order valence-corrected chi connectivity index (χ2v) is 5.85. The molecular weight excluding hydrogens is 359 g/mol. The van der Waals surface area contributed by atoms with E-state index in [1.807, 2.05) is 6.92 Å². The molecule has 1 fully saturated rings. The van der Waals surface area contributed by atoms with Crippen LogP contribution >= 0.6 is 0 Å². The van der Waals surface area contributed by atoms with Gasteiger partial charge in [0, 0.05) is 18.4 Å². The van der Waals surface area contributed by atoms with E-state index in [1.54, 1.807) is 0 Å². The molecule has 1 saturated heterocycles. The molecule has 1 rings (SSSR count). The predicted octanol–water partition coefficient (Wildman–Crippen LogP) is 4.68. The maximum Gasteiger partial charge on any atom is 0.460 e. The quantitative estimate of drug-likeness (QED) is 0.430. The highest BCUT2D eigenvalue weighted by molar-refractivity contribution is 5.00. The fraction of sp³-hybridized carbons (Fsp3) is 1.00. The second-order valence-electron chi connectivity index (χ2n) is 5.85. The van der Waals surface area contributed by atoms with E-state index in [0.29, 0.717) is 19.6 Å². The van der Waals surface area contributed by atoms with Gasteiger partial charge in [-0.3, -0.25) is 0 Å². The molecular formula is C13H17F9O2. The molecule has 0 N–H and O–H groups in total. The van der Waals surface area contributed by atoms with E-state index in [1.165, 1.54) is 0 Å². The van der Waals surface area contributed by atoms with Crippen molar-refractivity contribution in [3.8, 4) is 0 Å². The largest absolute Gasteiger partial charge is 0.460 e. The van der Waals surface area contributed by atoms with Crippen LogP contribution in [-0.4, -0.2) is 50.4 Å². The lowest BCUT2D eigenvalue weighted by Gasteiger charge is -2.40. The average molecular weight is 376 g/mol. The minimum atomic E-state index is -6.83. The molecule has 1 aliphatic heterocycles. The van der Waals surface area contributed by atoms with Gasteiger partial charge in [0.15, 0.2) is 0 Å². The third-order valence-electron chi connectivity index (χ3n) is 3.96. The standard InChI is InChI=1S/C13H17F9O2/c1-2-9(7-24-8-9)6-23-5-3-4-10(14,15)11(16,17)12(18,19)13(20,21)22/h2-8H2,1H3. The van der Waals surface area contributed by atoms with Crippen molar-refractivity contribution in [1.82, 2.24) is 0 Å². The van der Waals surface area contributed by atoms with Gasteiger partial charge in [0.2, 0.25) is 0 Å². The van der Waals surface area contributed by atoms with E-state index in [4.69, 9.17) is 9.47 Å². The summed E-state index contributed by atoms with van der Waals surface area (Å²) >= 11 is 0. The molecule has 0 unspecified atom stereocenters. The lowest BCUT2D eigenvalue weighted by molar-refractivity contribution is -0.396. The summed E-state index contributed by atoms with van der Waals surface area (Å²) in [5.74, 6) is -18.9. The van der Waals surface area contributed by atoms with Gasteiger partial charge in [0.25, 0.3) is 0 Å². The van der Waals surface area contributed by atoms with Gasteiger partial charge in [-0.05, 0) is 12.8 Å². The first-order chi connectivity index (χ1) is 10.7. The van der Waals surface area contributed by atoms with Crippen LogP contribution in [-0.2, 0) is 9.47 Å². The Labute approximate surface area is 132 Å². The van der Waals surface area contributed by atoms with E-state index in [0.717, 1.165) is 0 Å². The van der Waals surface area contributed by atoms with Crippen molar-refractivity contribution < 1.29 is 49.0 Å². The van der Waals surface area contributed by atoms with Gasteiger partial charge < -0.3 is 9.47 Å². The van der Waals surface area contributed by atoms with Crippen molar-refractivity contribution in [3.05, 3.63) is 0 Å².